The van der Waals surface area contributed by atoms with Gasteiger partial charge >= 0.3 is 0 Å². The third-order valence-corrected chi connectivity index (χ3v) is 4.80. The quantitative estimate of drug-likeness (QED) is 0.465. The number of rotatable bonds is 12. The Kier molecular flexibility index (Phi) is 13.4. The number of methoxy groups -OCH3 is 5. The molecule has 156 valence electrons. The van der Waals surface area contributed by atoms with Crippen molar-refractivity contribution in [1.82, 2.24) is 14.7 Å². The molecule has 1 aliphatic heterocycles. The lowest BCUT2D eigenvalue weighted by atomic mass is 10.3. The highest BCUT2D eigenvalue weighted by atomic mass is 16.5. The highest BCUT2D eigenvalue weighted by Gasteiger charge is 2.21. The molecule has 0 aromatic carbocycles. The molecule has 26 heavy (non-hydrogen) atoms. The summed E-state index contributed by atoms with van der Waals surface area (Å²) >= 11 is 0. The summed E-state index contributed by atoms with van der Waals surface area (Å²) in [5, 5.41) is 0. The summed E-state index contributed by atoms with van der Waals surface area (Å²) in [5.41, 5.74) is 0. The van der Waals surface area contributed by atoms with Gasteiger partial charge in [0.1, 0.15) is 0 Å². The van der Waals surface area contributed by atoms with Crippen LogP contribution in [0.2, 0.25) is 0 Å². The molecule has 0 saturated carbocycles. The Morgan fingerprint density at radius 1 is 0.577 bits per heavy atom. The van der Waals surface area contributed by atoms with Crippen molar-refractivity contribution in [1.29, 1.82) is 0 Å². The lowest BCUT2D eigenvalue weighted by molar-refractivity contribution is -0.00243. The van der Waals surface area contributed by atoms with Gasteiger partial charge in [-0.3, -0.25) is 14.7 Å². The Hall–Kier alpha value is -0.320. The summed E-state index contributed by atoms with van der Waals surface area (Å²) in [5.74, 6) is 0. The molecular formula is C18H39N3O5. The molecule has 1 rings (SSSR count). The van der Waals surface area contributed by atoms with Crippen LogP contribution >= 0.6 is 0 Å². The zero-order valence-corrected chi connectivity index (χ0v) is 17.3. The minimum absolute atomic E-state index is 0.0882. The molecule has 0 N–H and O–H groups in total. The molecule has 0 aliphatic carbocycles. The largest absolute Gasteiger partial charge is 0.382 e. The number of ether oxygens (including phenoxy) is 5. The molecule has 1 heterocycles. The zero-order valence-electron chi connectivity index (χ0n) is 17.3. The second-order valence-corrected chi connectivity index (χ2v) is 6.76. The van der Waals surface area contributed by atoms with Crippen molar-refractivity contribution in [3.05, 3.63) is 0 Å². The molecular weight excluding hydrogens is 338 g/mol. The zero-order chi connectivity index (χ0) is 19.2. The number of hydrogen-bond donors (Lipinski definition) is 0. The van der Waals surface area contributed by atoms with Gasteiger partial charge < -0.3 is 23.7 Å². The first-order valence-corrected chi connectivity index (χ1v) is 9.36. The maximum Gasteiger partial charge on any atom is 0.0987 e. The van der Waals surface area contributed by atoms with E-state index in [0.717, 1.165) is 52.4 Å². The van der Waals surface area contributed by atoms with Crippen molar-refractivity contribution in [3.63, 3.8) is 0 Å². The third kappa shape index (κ3) is 9.57. The summed E-state index contributed by atoms with van der Waals surface area (Å²) in [6.45, 7) is 9.54. The van der Waals surface area contributed by atoms with Crippen LogP contribution in [0.25, 0.3) is 0 Å². The summed E-state index contributed by atoms with van der Waals surface area (Å²) in [6, 6.07) is 0. The summed E-state index contributed by atoms with van der Waals surface area (Å²) in [6.07, 6.45) is 0.176. The Bertz CT molecular complexity index is 310. The number of hydrogen-bond acceptors (Lipinski definition) is 8. The molecule has 0 aromatic heterocycles. The van der Waals surface area contributed by atoms with E-state index >= 15 is 0 Å². The van der Waals surface area contributed by atoms with Gasteiger partial charge in [-0.15, -0.1) is 0 Å². The van der Waals surface area contributed by atoms with Crippen LogP contribution in [-0.4, -0.2) is 135 Å². The van der Waals surface area contributed by atoms with Crippen molar-refractivity contribution < 1.29 is 23.7 Å². The van der Waals surface area contributed by atoms with Crippen molar-refractivity contribution in [2.45, 2.75) is 12.2 Å². The van der Waals surface area contributed by atoms with Crippen molar-refractivity contribution in [2.75, 3.05) is 108 Å². The van der Waals surface area contributed by atoms with E-state index in [9.17, 15) is 0 Å². The van der Waals surface area contributed by atoms with Gasteiger partial charge in [-0.2, -0.15) is 0 Å². The topological polar surface area (TPSA) is 55.9 Å². The Balaban J connectivity index is 2.69. The van der Waals surface area contributed by atoms with Crippen LogP contribution in [0.1, 0.15) is 0 Å². The van der Waals surface area contributed by atoms with Gasteiger partial charge in [0.05, 0.1) is 32.2 Å². The molecule has 0 bridgehead atoms. The SMILES string of the molecule is COCC(CN1CCN(COC)CCN(CC(COC)OC)CC1)OC. The van der Waals surface area contributed by atoms with E-state index in [1.165, 1.54) is 0 Å². The van der Waals surface area contributed by atoms with Gasteiger partial charge in [-0.05, 0) is 0 Å². The maximum atomic E-state index is 5.56. The second-order valence-electron chi connectivity index (χ2n) is 6.76. The van der Waals surface area contributed by atoms with Gasteiger partial charge in [0.15, 0.2) is 0 Å². The molecule has 8 heteroatoms. The maximum absolute atomic E-state index is 5.56. The van der Waals surface area contributed by atoms with E-state index in [-0.39, 0.29) is 12.2 Å². The predicted octanol–water partition coefficient (Wildman–Crippen LogP) is -0.167. The van der Waals surface area contributed by atoms with Crippen LogP contribution in [0.15, 0.2) is 0 Å². The third-order valence-electron chi connectivity index (χ3n) is 4.80. The molecule has 0 aromatic rings. The molecule has 1 fully saturated rings. The minimum atomic E-state index is 0.0882. The Morgan fingerprint density at radius 3 is 1.27 bits per heavy atom. The van der Waals surface area contributed by atoms with E-state index in [4.69, 9.17) is 23.7 Å². The lowest BCUT2D eigenvalue weighted by Crippen LogP contribution is -2.43. The van der Waals surface area contributed by atoms with Gasteiger partial charge in [-0.1, -0.05) is 0 Å². The van der Waals surface area contributed by atoms with Crippen molar-refractivity contribution >= 4 is 0 Å². The molecule has 2 atom stereocenters. The first kappa shape index (κ1) is 23.7. The van der Waals surface area contributed by atoms with Crippen molar-refractivity contribution in [3.8, 4) is 0 Å². The first-order chi connectivity index (χ1) is 12.7. The molecule has 0 amide bonds. The molecule has 8 nitrogen and oxygen atoms in total. The summed E-state index contributed by atoms with van der Waals surface area (Å²) in [7, 11) is 8.68. The van der Waals surface area contributed by atoms with Crippen LogP contribution in [0, 0.1) is 0 Å². The van der Waals surface area contributed by atoms with Crippen LogP contribution in [-0.2, 0) is 23.7 Å². The summed E-state index contributed by atoms with van der Waals surface area (Å²) < 4.78 is 27.0. The normalized spacial score (nSPS) is 21.1. The van der Waals surface area contributed by atoms with Crippen molar-refractivity contribution in [2.24, 2.45) is 0 Å². The van der Waals surface area contributed by atoms with Crippen LogP contribution < -0.4 is 0 Å². The fourth-order valence-corrected chi connectivity index (χ4v) is 3.20. The lowest BCUT2D eigenvalue weighted by Gasteiger charge is -2.29. The highest BCUT2D eigenvalue weighted by Crippen LogP contribution is 2.05. The Labute approximate surface area is 159 Å². The summed E-state index contributed by atoms with van der Waals surface area (Å²) in [4.78, 5) is 7.25. The predicted molar refractivity (Wildman–Crippen MR) is 102 cm³/mol. The Morgan fingerprint density at radius 2 is 0.962 bits per heavy atom. The average Bonchev–Trinajstić information content (AvgIpc) is 2.73. The van der Waals surface area contributed by atoms with E-state index in [1.807, 2.05) is 0 Å². The fraction of sp³-hybridized carbons (Fsp3) is 1.00. The van der Waals surface area contributed by atoms with E-state index in [0.29, 0.717) is 19.9 Å². The fourth-order valence-electron chi connectivity index (χ4n) is 3.20. The molecule has 0 radical (unpaired) electrons. The monoisotopic (exact) mass is 377 g/mol. The van der Waals surface area contributed by atoms with Gasteiger partial charge in [-0.25, -0.2) is 0 Å². The molecule has 2 unspecified atom stereocenters. The molecule has 1 saturated heterocycles. The van der Waals surface area contributed by atoms with Gasteiger partial charge in [0, 0.05) is 87.9 Å². The van der Waals surface area contributed by atoms with Crippen LogP contribution in [0.3, 0.4) is 0 Å². The van der Waals surface area contributed by atoms with E-state index in [2.05, 4.69) is 14.7 Å². The van der Waals surface area contributed by atoms with Gasteiger partial charge in [0.2, 0.25) is 0 Å². The van der Waals surface area contributed by atoms with E-state index in [1.54, 1.807) is 35.5 Å². The second kappa shape index (κ2) is 14.7. The first-order valence-electron chi connectivity index (χ1n) is 9.36. The highest BCUT2D eigenvalue weighted by molar-refractivity contribution is 4.75. The molecule has 1 aliphatic rings. The van der Waals surface area contributed by atoms with Gasteiger partial charge in [0.25, 0.3) is 0 Å². The number of nitrogens with zero attached hydrogens (tertiary/aromatic N) is 3. The smallest absolute Gasteiger partial charge is 0.0987 e. The standard InChI is InChI=1S/C18H39N3O5/c1-22-14-17(25-4)12-19-6-7-20(13-18(26-5)15-23-2)9-11-21(10-8-19)16-24-3/h17-18H,6-16H2,1-5H3. The van der Waals surface area contributed by atoms with Crippen LogP contribution in [0.4, 0.5) is 0 Å². The van der Waals surface area contributed by atoms with E-state index < -0.39 is 0 Å². The minimum Gasteiger partial charge on any atom is -0.382 e. The van der Waals surface area contributed by atoms with Crippen LogP contribution in [0.5, 0.6) is 0 Å². The molecule has 0 spiro atoms. The average molecular weight is 378 g/mol.